The second-order valence-corrected chi connectivity index (χ2v) is 6.63. The third-order valence-corrected chi connectivity index (χ3v) is 5.14. The average Bonchev–Trinajstić information content (AvgIpc) is 2.76. The molecule has 2 saturated heterocycles. The second kappa shape index (κ2) is 5.74. The monoisotopic (exact) mass is 294 g/mol. The van der Waals surface area contributed by atoms with Gasteiger partial charge in [0.2, 0.25) is 5.91 Å². The zero-order valence-electron chi connectivity index (χ0n) is 11.5. The second-order valence-electron chi connectivity index (χ2n) is 5.40. The van der Waals surface area contributed by atoms with Gasteiger partial charge in [0.05, 0.1) is 6.04 Å². The lowest BCUT2D eigenvalue weighted by Crippen LogP contribution is -2.42. The zero-order valence-corrected chi connectivity index (χ0v) is 12.3. The smallest absolute Gasteiger partial charge is 0.241 e. The Bertz CT molecular complexity index is 504. The molecule has 2 aliphatic heterocycles. The molecule has 2 aliphatic rings. The van der Waals surface area contributed by atoms with Gasteiger partial charge in [0.25, 0.3) is 0 Å². The minimum atomic E-state index is -0.327. The lowest BCUT2D eigenvalue weighted by atomic mass is 10.1. The van der Waals surface area contributed by atoms with Gasteiger partial charge in [-0.3, -0.25) is 10.1 Å². The predicted molar refractivity (Wildman–Crippen MR) is 78.9 cm³/mol. The van der Waals surface area contributed by atoms with Crippen molar-refractivity contribution in [3.63, 3.8) is 0 Å². The lowest BCUT2D eigenvalue weighted by molar-refractivity contribution is -0.132. The Kier molecular flexibility index (Phi) is 3.98. The van der Waals surface area contributed by atoms with Crippen molar-refractivity contribution >= 4 is 17.7 Å². The summed E-state index contributed by atoms with van der Waals surface area (Å²) in [4.78, 5) is 14.3. The Morgan fingerprint density at radius 3 is 2.70 bits per heavy atom. The van der Waals surface area contributed by atoms with Gasteiger partial charge in [-0.1, -0.05) is 18.2 Å². The highest BCUT2D eigenvalue weighted by atomic mass is 32.2. The number of thioether (sulfide) groups is 1. The molecule has 20 heavy (non-hydrogen) atoms. The summed E-state index contributed by atoms with van der Waals surface area (Å²) >= 11 is 1.93. The van der Waals surface area contributed by atoms with Crippen LogP contribution in [0.4, 0.5) is 4.39 Å². The molecule has 2 atom stereocenters. The summed E-state index contributed by atoms with van der Waals surface area (Å²) in [6.07, 6.45) is 1.66. The number of benzene rings is 1. The van der Waals surface area contributed by atoms with Crippen molar-refractivity contribution in [3.8, 4) is 0 Å². The maximum atomic E-state index is 14.1. The average molecular weight is 294 g/mol. The third-order valence-electron chi connectivity index (χ3n) is 4.09. The van der Waals surface area contributed by atoms with Crippen molar-refractivity contribution in [3.05, 3.63) is 35.6 Å². The van der Waals surface area contributed by atoms with Gasteiger partial charge in [-0.15, -0.1) is 0 Å². The van der Waals surface area contributed by atoms with E-state index in [1.807, 2.05) is 29.7 Å². The fourth-order valence-electron chi connectivity index (χ4n) is 3.03. The first-order chi connectivity index (χ1) is 9.68. The molecule has 0 spiro atoms. The quantitative estimate of drug-likeness (QED) is 0.910. The normalized spacial score (nSPS) is 28.1. The Hall–Kier alpha value is -1.07. The van der Waals surface area contributed by atoms with E-state index in [1.54, 1.807) is 12.1 Å². The molecule has 1 aromatic carbocycles. The van der Waals surface area contributed by atoms with Crippen LogP contribution in [-0.2, 0) is 4.79 Å². The van der Waals surface area contributed by atoms with E-state index in [4.69, 9.17) is 0 Å². The van der Waals surface area contributed by atoms with Crippen LogP contribution in [0.25, 0.3) is 0 Å². The van der Waals surface area contributed by atoms with Gasteiger partial charge in [-0.05, 0) is 37.3 Å². The Morgan fingerprint density at radius 1 is 1.30 bits per heavy atom. The van der Waals surface area contributed by atoms with Crippen molar-refractivity contribution in [2.24, 2.45) is 0 Å². The molecule has 1 N–H and O–H groups in total. The van der Waals surface area contributed by atoms with Crippen LogP contribution in [0.3, 0.4) is 0 Å². The van der Waals surface area contributed by atoms with Crippen LogP contribution in [0.15, 0.2) is 24.3 Å². The van der Waals surface area contributed by atoms with E-state index in [-0.39, 0.29) is 30.0 Å². The van der Waals surface area contributed by atoms with E-state index in [0.717, 1.165) is 24.3 Å². The number of carbonyl (C=O) groups excluding carboxylic acids is 1. The van der Waals surface area contributed by atoms with Gasteiger partial charge in [-0.25, -0.2) is 4.39 Å². The standard InChI is InChI=1S/C15H19FN2OS/c1-10-15(19)18(11-6-8-20-9-7-11)14(17-10)12-4-2-3-5-13(12)16/h2-5,10-11,14,17H,6-9H2,1H3. The van der Waals surface area contributed by atoms with Crippen molar-refractivity contribution < 1.29 is 9.18 Å². The number of amides is 1. The summed E-state index contributed by atoms with van der Waals surface area (Å²) in [6.45, 7) is 1.85. The number of carbonyl (C=O) groups is 1. The van der Waals surface area contributed by atoms with Gasteiger partial charge >= 0.3 is 0 Å². The number of rotatable bonds is 2. The van der Waals surface area contributed by atoms with Gasteiger partial charge < -0.3 is 4.90 Å². The predicted octanol–water partition coefficient (Wildman–Crippen LogP) is 2.54. The number of nitrogens with zero attached hydrogens (tertiary/aromatic N) is 1. The highest BCUT2D eigenvalue weighted by Crippen LogP contribution is 2.33. The first-order valence-electron chi connectivity index (χ1n) is 7.09. The molecule has 0 saturated carbocycles. The molecule has 3 nitrogen and oxygen atoms in total. The Balaban J connectivity index is 1.91. The van der Waals surface area contributed by atoms with E-state index >= 15 is 0 Å². The maximum absolute atomic E-state index is 14.1. The van der Waals surface area contributed by atoms with E-state index in [0.29, 0.717) is 5.56 Å². The zero-order chi connectivity index (χ0) is 14.1. The SMILES string of the molecule is CC1NC(c2ccccc2F)N(C2CCSCC2)C1=O. The number of halogens is 1. The molecule has 0 radical (unpaired) electrons. The van der Waals surface area contributed by atoms with Gasteiger partial charge in [0.15, 0.2) is 0 Å². The molecular weight excluding hydrogens is 275 g/mol. The van der Waals surface area contributed by atoms with Crippen molar-refractivity contribution in [2.45, 2.75) is 38.0 Å². The Morgan fingerprint density at radius 2 is 2.00 bits per heavy atom. The lowest BCUT2D eigenvalue weighted by Gasteiger charge is -2.35. The van der Waals surface area contributed by atoms with Gasteiger partial charge in [0, 0.05) is 11.6 Å². The number of hydrogen-bond acceptors (Lipinski definition) is 3. The first-order valence-corrected chi connectivity index (χ1v) is 8.24. The van der Waals surface area contributed by atoms with Crippen LogP contribution in [0, 0.1) is 5.82 Å². The maximum Gasteiger partial charge on any atom is 0.241 e. The molecule has 2 unspecified atom stereocenters. The van der Waals surface area contributed by atoms with Crippen LogP contribution >= 0.6 is 11.8 Å². The largest absolute Gasteiger partial charge is 0.318 e. The summed E-state index contributed by atoms with van der Waals surface area (Å²) < 4.78 is 14.1. The number of nitrogens with one attached hydrogen (secondary N) is 1. The van der Waals surface area contributed by atoms with E-state index in [2.05, 4.69) is 5.32 Å². The summed E-state index contributed by atoms with van der Waals surface area (Å²) in [5.41, 5.74) is 0.573. The molecule has 0 aliphatic carbocycles. The minimum Gasteiger partial charge on any atom is -0.318 e. The fraction of sp³-hybridized carbons (Fsp3) is 0.533. The molecule has 0 bridgehead atoms. The van der Waals surface area contributed by atoms with E-state index in [1.165, 1.54) is 6.07 Å². The van der Waals surface area contributed by atoms with Gasteiger partial charge in [-0.2, -0.15) is 11.8 Å². The molecule has 3 rings (SSSR count). The molecule has 108 valence electrons. The highest BCUT2D eigenvalue weighted by molar-refractivity contribution is 7.99. The summed E-state index contributed by atoms with van der Waals surface area (Å²) in [5, 5.41) is 3.24. The van der Waals surface area contributed by atoms with Crippen LogP contribution in [0.1, 0.15) is 31.5 Å². The molecule has 1 amide bonds. The van der Waals surface area contributed by atoms with E-state index < -0.39 is 0 Å². The molecule has 2 heterocycles. The topological polar surface area (TPSA) is 32.3 Å². The third kappa shape index (κ3) is 2.44. The van der Waals surface area contributed by atoms with Crippen molar-refractivity contribution in [1.82, 2.24) is 10.2 Å². The van der Waals surface area contributed by atoms with Gasteiger partial charge in [0.1, 0.15) is 12.0 Å². The van der Waals surface area contributed by atoms with Crippen LogP contribution in [0.2, 0.25) is 0 Å². The number of hydrogen-bond donors (Lipinski definition) is 1. The molecule has 2 fully saturated rings. The first kappa shape index (κ1) is 13.9. The van der Waals surface area contributed by atoms with Crippen LogP contribution < -0.4 is 5.32 Å². The summed E-state index contributed by atoms with van der Waals surface area (Å²) in [5.74, 6) is 2.00. The molecule has 5 heteroatoms. The molecule has 1 aromatic rings. The molecular formula is C15H19FN2OS. The Labute approximate surface area is 122 Å². The minimum absolute atomic E-state index is 0.0927. The van der Waals surface area contributed by atoms with Crippen molar-refractivity contribution in [2.75, 3.05) is 11.5 Å². The summed E-state index contributed by atoms with van der Waals surface area (Å²) in [6, 6.07) is 6.71. The summed E-state index contributed by atoms with van der Waals surface area (Å²) in [7, 11) is 0. The molecule has 0 aromatic heterocycles. The van der Waals surface area contributed by atoms with Crippen molar-refractivity contribution in [1.29, 1.82) is 0 Å². The van der Waals surface area contributed by atoms with Crippen LogP contribution in [0.5, 0.6) is 0 Å². The fourth-order valence-corrected chi connectivity index (χ4v) is 4.11. The highest BCUT2D eigenvalue weighted by Gasteiger charge is 2.42. The van der Waals surface area contributed by atoms with E-state index in [9.17, 15) is 9.18 Å². The van der Waals surface area contributed by atoms with Crippen LogP contribution in [-0.4, -0.2) is 34.4 Å².